The molecule has 0 spiro atoms. The summed E-state index contributed by atoms with van der Waals surface area (Å²) in [4.78, 5) is 2.00. The molecule has 0 saturated carbocycles. The Morgan fingerprint density at radius 1 is 0.875 bits per heavy atom. The third-order valence-corrected chi connectivity index (χ3v) is 5.41. The molecule has 1 aromatic heterocycles. The van der Waals surface area contributed by atoms with Crippen molar-refractivity contribution in [2.45, 2.75) is 46.1 Å². The first-order valence-corrected chi connectivity index (χ1v) is 10.6. The minimum atomic E-state index is -4.37. The van der Waals surface area contributed by atoms with E-state index in [4.69, 9.17) is 0 Å². The van der Waals surface area contributed by atoms with Crippen molar-refractivity contribution in [1.29, 1.82) is 0 Å². The first kappa shape index (κ1) is 24.0. The number of rotatable bonds is 9. The molecule has 1 heterocycles. The second kappa shape index (κ2) is 10.3. The Balaban J connectivity index is 1.76. The predicted molar refractivity (Wildman–Crippen MR) is 115 cm³/mol. The van der Waals surface area contributed by atoms with E-state index in [1.54, 1.807) is 0 Å². The standard InChI is InChI=1S/C25H27F5N2/c1-18(2)12-14-31(17-22-23(26)6-3-7-24(22)27)16-21-5-4-13-32(21)15-19-8-10-20(11-9-19)25(28,29)30/h3-11,13,18H,12,14-17H2,1-2H3. The van der Waals surface area contributed by atoms with Gasteiger partial charge in [0, 0.05) is 37.1 Å². The molecule has 32 heavy (non-hydrogen) atoms. The number of benzene rings is 2. The van der Waals surface area contributed by atoms with Crippen LogP contribution < -0.4 is 0 Å². The summed E-state index contributed by atoms with van der Waals surface area (Å²) in [6, 6.07) is 12.7. The summed E-state index contributed by atoms with van der Waals surface area (Å²) < 4.78 is 68.8. The van der Waals surface area contributed by atoms with Crippen molar-refractivity contribution in [1.82, 2.24) is 9.47 Å². The first-order valence-electron chi connectivity index (χ1n) is 10.6. The number of alkyl halides is 3. The van der Waals surface area contributed by atoms with Crippen molar-refractivity contribution in [3.05, 3.63) is 94.8 Å². The van der Waals surface area contributed by atoms with Gasteiger partial charge in [-0.25, -0.2) is 8.78 Å². The first-order chi connectivity index (χ1) is 15.1. The molecule has 172 valence electrons. The van der Waals surface area contributed by atoms with Gasteiger partial charge in [-0.15, -0.1) is 0 Å². The van der Waals surface area contributed by atoms with E-state index in [9.17, 15) is 22.0 Å². The Morgan fingerprint density at radius 3 is 2.12 bits per heavy atom. The van der Waals surface area contributed by atoms with Gasteiger partial charge < -0.3 is 4.57 Å². The molecule has 0 aliphatic heterocycles. The summed E-state index contributed by atoms with van der Waals surface area (Å²) in [6.45, 7) is 5.86. The minimum absolute atomic E-state index is 0.0390. The van der Waals surface area contributed by atoms with Crippen molar-refractivity contribution in [3.8, 4) is 0 Å². The number of aromatic nitrogens is 1. The average molecular weight is 450 g/mol. The van der Waals surface area contributed by atoms with Gasteiger partial charge in [0.1, 0.15) is 11.6 Å². The molecule has 0 atom stereocenters. The number of hydrogen-bond acceptors (Lipinski definition) is 1. The topological polar surface area (TPSA) is 8.17 Å². The van der Waals surface area contributed by atoms with Crippen molar-refractivity contribution >= 4 is 0 Å². The molecule has 0 N–H and O–H groups in total. The molecule has 0 saturated heterocycles. The quantitative estimate of drug-likeness (QED) is 0.323. The van der Waals surface area contributed by atoms with Crippen LogP contribution in [0.4, 0.5) is 22.0 Å². The smallest absolute Gasteiger partial charge is 0.346 e. The third-order valence-electron chi connectivity index (χ3n) is 5.41. The highest BCUT2D eigenvalue weighted by Gasteiger charge is 2.29. The van der Waals surface area contributed by atoms with Crippen LogP contribution in [-0.4, -0.2) is 16.0 Å². The molecule has 0 amide bonds. The molecule has 3 rings (SSSR count). The lowest BCUT2D eigenvalue weighted by Gasteiger charge is -2.25. The van der Waals surface area contributed by atoms with Crippen molar-refractivity contribution in [2.24, 2.45) is 5.92 Å². The van der Waals surface area contributed by atoms with Gasteiger partial charge in [-0.2, -0.15) is 13.2 Å². The van der Waals surface area contributed by atoms with Crippen LogP contribution in [0.2, 0.25) is 0 Å². The fraction of sp³-hybridized carbons (Fsp3) is 0.360. The maximum Gasteiger partial charge on any atom is 0.416 e. The van der Waals surface area contributed by atoms with Gasteiger partial charge in [0.2, 0.25) is 0 Å². The van der Waals surface area contributed by atoms with E-state index in [-0.39, 0.29) is 12.1 Å². The number of hydrogen-bond donors (Lipinski definition) is 0. The lowest BCUT2D eigenvalue weighted by Crippen LogP contribution is -2.27. The van der Waals surface area contributed by atoms with E-state index < -0.39 is 23.4 Å². The molecule has 0 unspecified atom stereocenters. The van der Waals surface area contributed by atoms with Crippen molar-refractivity contribution in [2.75, 3.05) is 6.54 Å². The lowest BCUT2D eigenvalue weighted by molar-refractivity contribution is -0.137. The molecular formula is C25H27F5N2. The van der Waals surface area contributed by atoms with Crippen LogP contribution in [0.25, 0.3) is 0 Å². The van der Waals surface area contributed by atoms with Crippen LogP contribution >= 0.6 is 0 Å². The molecule has 2 nitrogen and oxygen atoms in total. The maximum atomic E-state index is 14.2. The van der Waals surface area contributed by atoms with Crippen LogP contribution in [0.3, 0.4) is 0 Å². The van der Waals surface area contributed by atoms with Crippen LogP contribution in [-0.2, 0) is 25.8 Å². The summed E-state index contributed by atoms with van der Waals surface area (Å²) in [5.41, 5.74) is 1.02. The maximum absolute atomic E-state index is 14.2. The van der Waals surface area contributed by atoms with Gasteiger partial charge in [0.25, 0.3) is 0 Å². The molecule has 0 aliphatic rings. The van der Waals surface area contributed by atoms with Crippen LogP contribution in [0.5, 0.6) is 0 Å². The second-order valence-electron chi connectivity index (χ2n) is 8.42. The highest BCUT2D eigenvalue weighted by molar-refractivity contribution is 5.25. The summed E-state index contributed by atoms with van der Waals surface area (Å²) in [6.07, 6.45) is -1.64. The Bertz CT molecular complexity index is 986. The van der Waals surface area contributed by atoms with E-state index in [0.717, 1.165) is 29.8 Å². The van der Waals surface area contributed by atoms with E-state index in [2.05, 4.69) is 13.8 Å². The number of nitrogens with zero attached hydrogens (tertiary/aromatic N) is 2. The molecule has 7 heteroatoms. The van der Waals surface area contributed by atoms with Gasteiger partial charge in [0.05, 0.1) is 5.56 Å². The summed E-state index contributed by atoms with van der Waals surface area (Å²) >= 11 is 0. The van der Waals surface area contributed by atoms with Crippen LogP contribution in [0.1, 0.15) is 42.7 Å². The number of halogens is 5. The molecule has 2 aromatic carbocycles. The fourth-order valence-electron chi connectivity index (χ4n) is 3.53. The average Bonchev–Trinajstić information content (AvgIpc) is 3.15. The highest BCUT2D eigenvalue weighted by Crippen LogP contribution is 2.29. The molecule has 0 aliphatic carbocycles. The van der Waals surface area contributed by atoms with Crippen LogP contribution in [0.15, 0.2) is 60.8 Å². The summed E-state index contributed by atoms with van der Waals surface area (Å²) in [7, 11) is 0. The molecular weight excluding hydrogens is 423 g/mol. The SMILES string of the molecule is CC(C)CCN(Cc1c(F)cccc1F)Cc1cccn1Cc1ccc(C(F)(F)F)cc1. The van der Waals surface area contributed by atoms with Gasteiger partial charge in [-0.1, -0.05) is 32.0 Å². The zero-order valence-electron chi connectivity index (χ0n) is 18.2. The predicted octanol–water partition coefficient (Wildman–Crippen LogP) is 6.88. The minimum Gasteiger partial charge on any atom is -0.346 e. The van der Waals surface area contributed by atoms with E-state index in [0.29, 0.717) is 25.6 Å². The Morgan fingerprint density at radius 2 is 1.53 bits per heavy atom. The van der Waals surface area contributed by atoms with Gasteiger partial charge >= 0.3 is 6.18 Å². The van der Waals surface area contributed by atoms with Gasteiger partial charge in [0.15, 0.2) is 0 Å². The summed E-state index contributed by atoms with van der Waals surface area (Å²) in [5.74, 6) is -0.707. The van der Waals surface area contributed by atoms with Crippen molar-refractivity contribution in [3.63, 3.8) is 0 Å². The molecule has 3 aromatic rings. The normalized spacial score (nSPS) is 12.2. The zero-order valence-corrected chi connectivity index (χ0v) is 18.2. The molecule has 0 radical (unpaired) electrons. The molecule has 0 bridgehead atoms. The Hall–Kier alpha value is -2.67. The fourth-order valence-corrected chi connectivity index (χ4v) is 3.53. The van der Waals surface area contributed by atoms with E-state index in [1.165, 1.54) is 30.3 Å². The second-order valence-corrected chi connectivity index (χ2v) is 8.42. The third kappa shape index (κ3) is 6.42. The van der Waals surface area contributed by atoms with Crippen LogP contribution in [0, 0.1) is 17.6 Å². The zero-order chi connectivity index (χ0) is 23.3. The van der Waals surface area contributed by atoms with E-state index >= 15 is 0 Å². The molecule has 0 fully saturated rings. The largest absolute Gasteiger partial charge is 0.416 e. The monoisotopic (exact) mass is 450 g/mol. The van der Waals surface area contributed by atoms with Crippen molar-refractivity contribution < 1.29 is 22.0 Å². The van der Waals surface area contributed by atoms with Gasteiger partial charge in [-0.05, 0) is 60.8 Å². The van der Waals surface area contributed by atoms with E-state index in [1.807, 2.05) is 27.8 Å². The lowest BCUT2D eigenvalue weighted by atomic mass is 10.1. The summed E-state index contributed by atoms with van der Waals surface area (Å²) in [5, 5.41) is 0. The Labute approximate surface area is 185 Å². The Kier molecular flexibility index (Phi) is 7.72. The highest BCUT2D eigenvalue weighted by atomic mass is 19.4. The van der Waals surface area contributed by atoms with Gasteiger partial charge in [-0.3, -0.25) is 4.90 Å².